The molecule has 0 saturated carbocycles. The van der Waals surface area contributed by atoms with Crippen LogP contribution in [0.3, 0.4) is 0 Å². The van der Waals surface area contributed by atoms with Gasteiger partial charge in [0.2, 0.25) is 5.95 Å². The molecule has 7 heteroatoms. The minimum Gasteiger partial charge on any atom is -0.494 e. The first-order chi connectivity index (χ1) is 13.3. The Bertz CT molecular complexity index is 915. The van der Waals surface area contributed by atoms with Gasteiger partial charge >= 0.3 is 0 Å². The molecule has 1 aromatic heterocycles. The van der Waals surface area contributed by atoms with Crippen molar-refractivity contribution in [2.45, 2.75) is 6.92 Å². The lowest BCUT2D eigenvalue weighted by Gasteiger charge is -2.19. The summed E-state index contributed by atoms with van der Waals surface area (Å²) in [6.45, 7) is 3.73. The van der Waals surface area contributed by atoms with Crippen LogP contribution in [0.2, 0.25) is 0 Å². The number of ether oxygens (including phenoxy) is 3. The molecule has 0 bridgehead atoms. The summed E-state index contributed by atoms with van der Waals surface area (Å²) in [6.07, 6.45) is 1.70. The van der Waals surface area contributed by atoms with Gasteiger partial charge in [-0.25, -0.2) is 4.98 Å². The second-order valence-electron chi connectivity index (χ2n) is 5.83. The molecule has 7 nitrogen and oxygen atoms in total. The molecule has 1 aliphatic heterocycles. The van der Waals surface area contributed by atoms with Crippen molar-refractivity contribution in [1.29, 1.82) is 0 Å². The van der Waals surface area contributed by atoms with Crippen LogP contribution in [0.4, 0.5) is 23.1 Å². The van der Waals surface area contributed by atoms with Crippen LogP contribution in [-0.2, 0) is 0 Å². The highest BCUT2D eigenvalue weighted by Crippen LogP contribution is 2.33. The van der Waals surface area contributed by atoms with Crippen molar-refractivity contribution >= 4 is 23.1 Å². The highest BCUT2D eigenvalue weighted by atomic mass is 16.6. The third kappa shape index (κ3) is 4.20. The Morgan fingerprint density at radius 3 is 2.52 bits per heavy atom. The van der Waals surface area contributed by atoms with Gasteiger partial charge < -0.3 is 24.8 Å². The van der Waals surface area contributed by atoms with Crippen molar-refractivity contribution in [3.05, 3.63) is 54.7 Å². The van der Waals surface area contributed by atoms with Crippen LogP contribution in [-0.4, -0.2) is 29.8 Å². The zero-order chi connectivity index (χ0) is 18.5. The number of hydrogen-bond acceptors (Lipinski definition) is 7. The molecule has 0 fully saturated rings. The number of fused-ring (bicyclic) bond motifs is 1. The van der Waals surface area contributed by atoms with Gasteiger partial charge in [0, 0.05) is 23.6 Å². The van der Waals surface area contributed by atoms with Crippen molar-refractivity contribution in [3.8, 4) is 17.2 Å². The maximum Gasteiger partial charge on any atom is 0.229 e. The SMILES string of the molecule is CCOc1ccc(Nc2ccnc(Nc3ccc4c(c3)OCCO4)n2)cc1. The van der Waals surface area contributed by atoms with Gasteiger partial charge in [-0.3, -0.25) is 0 Å². The largest absolute Gasteiger partial charge is 0.494 e. The highest BCUT2D eigenvalue weighted by Gasteiger charge is 2.12. The van der Waals surface area contributed by atoms with Gasteiger partial charge in [0.15, 0.2) is 11.5 Å². The topological polar surface area (TPSA) is 77.5 Å². The predicted molar refractivity (Wildman–Crippen MR) is 104 cm³/mol. The minimum atomic E-state index is 0.489. The standard InChI is InChI=1S/C20H20N4O3/c1-2-25-16-6-3-14(4-7-16)22-19-9-10-21-20(24-19)23-15-5-8-17-18(13-15)27-12-11-26-17/h3-10,13H,2,11-12H2,1H3,(H2,21,22,23,24). The molecule has 2 N–H and O–H groups in total. The third-order valence-electron chi connectivity index (χ3n) is 3.89. The number of benzene rings is 2. The first-order valence-electron chi connectivity index (χ1n) is 8.80. The van der Waals surface area contributed by atoms with Gasteiger partial charge in [-0.15, -0.1) is 0 Å². The zero-order valence-electron chi connectivity index (χ0n) is 14.9. The van der Waals surface area contributed by atoms with Crippen molar-refractivity contribution in [1.82, 2.24) is 9.97 Å². The average Bonchev–Trinajstić information content (AvgIpc) is 2.70. The first kappa shape index (κ1) is 17.0. The first-order valence-corrected chi connectivity index (χ1v) is 8.80. The lowest BCUT2D eigenvalue weighted by molar-refractivity contribution is 0.171. The van der Waals surface area contributed by atoms with E-state index in [1.807, 2.05) is 55.5 Å². The van der Waals surface area contributed by atoms with Crippen LogP contribution in [0.15, 0.2) is 54.7 Å². The predicted octanol–water partition coefficient (Wildman–Crippen LogP) is 4.13. The monoisotopic (exact) mass is 364 g/mol. The van der Waals surface area contributed by atoms with Crippen LogP contribution in [0.5, 0.6) is 17.2 Å². The number of rotatable bonds is 6. The van der Waals surface area contributed by atoms with E-state index in [9.17, 15) is 0 Å². The maximum atomic E-state index is 5.60. The summed E-state index contributed by atoms with van der Waals surface area (Å²) in [5, 5.41) is 6.45. The fourth-order valence-corrected chi connectivity index (χ4v) is 2.69. The smallest absolute Gasteiger partial charge is 0.229 e. The molecule has 0 spiro atoms. The molecule has 27 heavy (non-hydrogen) atoms. The molecule has 3 aromatic rings. The number of aromatic nitrogens is 2. The molecule has 0 atom stereocenters. The van der Waals surface area contributed by atoms with Crippen molar-refractivity contribution in [3.63, 3.8) is 0 Å². The second kappa shape index (κ2) is 7.82. The second-order valence-corrected chi connectivity index (χ2v) is 5.83. The number of anilines is 4. The molecule has 0 aliphatic carbocycles. The van der Waals surface area contributed by atoms with E-state index < -0.39 is 0 Å². The van der Waals surface area contributed by atoms with Crippen molar-refractivity contribution < 1.29 is 14.2 Å². The van der Waals surface area contributed by atoms with Crippen LogP contribution in [0.1, 0.15) is 6.92 Å². The molecule has 0 amide bonds. The summed E-state index contributed by atoms with van der Waals surface area (Å²) in [5.74, 6) is 3.48. The van der Waals surface area contributed by atoms with E-state index in [1.54, 1.807) is 6.20 Å². The minimum absolute atomic E-state index is 0.489. The maximum absolute atomic E-state index is 5.60. The normalized spacial score (nSPS) is 12.3. The van der Waals surface area contributed by atoms with Crippen LogP contribution in [0, 0.1) is 0 Å². The highest BCUT2D eigenvalue weighted by molar-refractivity contribution is 5.62. The Kier molecular flexibility index (Phi) is 4.91. The lowest BCUT2D eigenvalue weighted by atomic mass is 10.2. The van der Waals surface area contributed by atoms with Gasteiger partial charge in [-0.05, 0) is 49.4 Å². The fourth-order valence-electron chi connectivity index (χ4n) is 2.69. The average molecular weight is 364 g/mol. The number of nitrogens with one attached hydrogen (secondary N) is 2. The van der Waals surface area contributed by atoms with Crippen molar-refractivity contribution in [2.24, 2.45) is 0 Å². The van der Waals surface area contributed by atoms with Gasteiger partial charge in [0.1, 0.15) is 24.8 Å². The molecule has 2 heterocycles. The lowest BCUT2D eigenvalue weighted by Crippen LogP contribution is -2.15. The van der Waals surface area contributed by atoms with E-state index in [0.717, 1.165) is 28.6 Å². The Hall–Kier alpha value is -3.48. The Balaban J connectivity index is 1.46. The van der Waals surface area contributed by atoms with Crippen LogP contribution < -0.4 is 24.8 Å². The zero-order valence-corrected chi connectivity index (χ0v) is 14.9. The van der Waals surface area contributed by atoms with E-state index in [4.69, 9.17) is 14.2 Å². The van der Waals surface area contributed by atoms with Crippen molar-refractivity contribution in [2.75, 3.05) is 30.5 Å². The van der Waals surface area contributed by atoms with E-state index in [1.165, 1.54) is 0 Å². The summed E-state index contributed by atoms with van der Waals surface area (Å²) >= 11 is 0. The molecular formula is C20H20N4O3. The molecule has 0 radical (unpaired) electrons. The summed E-state index contributed by atoms with van der Waals surface area (Å²) in [5.41, 5.74) is 1.75. The molecule has 0 unspecified atom stereocenters. The fraction of sp³-hybridized carbons (Fsp3) is 0.200. The molecule has 138 valence electrons. The van der Waals surface area contributed by atoms with Gasteiger partial charge in [-0.2, -0.15) is 4.98 Å². The Morgan fingerprint density at radius 2 is 1.70 bits per heavy atom. The van der Waals surface area contributed by atoms with E-state index in [2.05, 4.69) is 20.6 Å². The van der Waals surface area contributed by atoms with E-state index in [0.29, 0.717) is 31.6 Å². The molecule has 2 aromatic carbocycles. The van der Waals surface area contributed by atoms with E-state index >= 15 is 0 Å². The third-order valence-corrected chi connectivity index (χ3v) is 3.89. The molecule has 4 rings (SSSR count). The summed E-state index contributed by atoms with van der Waals surface area (Å²) in [4.78, 5) is 8.77. The quantitative estimate of drug-likeness (QED) is 0.681. The Morgan fingerprint density at radius 1 is 0.926 bits per heavy atom. The summed E-state index contributed by atoms with van der Waals surface area (Å²) in [6, 6.07) is 15.2. The van der Waals surface area contributed by atoms with Gasteiger partial charge in [-0.1, -0.05) is 0 Å². The Labute approximate surface area is 157 Å². The van der Waals surface area contributed by atoms with Crippen LogP contribution in [0.25, 0.3) is 0 Å². The number of hydrogen-bond donors (Lipinski definition) is 2. The van der Waals surface area contributed by atoms with E-state index in [-0.39, 0.29) is 0 Å². The summed E-state index contributed by atoms with van der Waals surface area (Å²) < 4.78 is 16.6. The summed E-state index contributed by atoms with van der Waals surface area (Å²) in [7, 11) is 0. The van der Waals surface area contributed by atoms with Crippen LogP contribution >= 0.6 is 0 Å². The molecule has 1 aliphatic rings. The molecular weight excluding hydrogens is 344 g/mol. The molecule has 0 saturated heterocycles. The number of nitrogens with zero attached hydrogens (tertiary/aromatic N) is 2. The van der Waals surface area contributed by atoms with Gasteiger partial charge in [0.25, 0.3) is 0 Å². The van der Waals surface area contributed by atoms with Gasteiger partial charge in [0.05, 0.1) is 6.61 Å².